The van der Waals surface area contributed by atoms with E-state index in [9.17, 15) is 4.79 Å². The van der Waals surface area contributed by atoms with E-state index in [1.165, 1.54) is 0 Å². The number of hydrogen-bond acceptors (Lipinski definition) is 7. The molecule has 0 saturated carbocycles. The van der Waals surface area contributed by atoms with Crippen LogP contribution >= 0.6 is 0 Å². The van der Waals surface area contributed by atoms with Gasteiger partial charge in [0.05, 0.1) is 0 Å². The summed E-state index contributed by atoms with van der Waals surface area (Å²) in [6.07, 6.45) is -3.22. The summed E-state index contributed by atoms with van der Waals surface area (Å²) < 4.78 is 38.8. The van der Waals surface area contributed by atoms with Crippen molar-refractivity contribution in [2.24, 2.45) is 0 Å². The van der Waals surface area contributed by atoms with Crippen LogP contribution < -0.4 is 0 Å². The molecule has 196 valence electrons. The Balaban J connectivity index is 3.62. The highest BCUT2D eigenvalue weighted by atomic mass is 28.4. The van der Waals surface area contributed by atoms with E-state index in [1.807, 2.05) is 19.6 Å². The van der Waals surface area contributed by atoms with Crippen molar-refractivity contribution in [2.75, 3.05) is 0 Å². The van der Waals surface area contributed by atoms with Gasteiger partial charge in [-0.1, -0.05) is 0 Å². The van der Waals surface area contributed by atoms with Gasteiger partial charge in [0.2, 0.25) is 8.32 Å². The average molecular weight is 555 g/mol. The molecular weight excluding hydrogens is 505 g/mol. The fraction of sp³-hybridized carbons (Fsp3) is 0.952. The fourth-order valence-electron chi connectivity index (χ4n) is 3.42. The largest absolute Gasteiger partial charge is 0.518 e. The first-order chi connectivity index (χ1) is 14.4. The Morgan fingerprint density at radius 1 is 0.515 bits per heavy atom. The van der Waals surface area contributed by atoms with Gasteiger partial charge in [0.1, 0.15) is 18.3 Å². The number of carbonyl (C=O) groups excluding carboxylic acids is 1. The van der Waals surface area contributed by atoms with Crippen LogP contribution in [-0.2, 0) is 31.7 Å². The first kappa shape index (κ1) is 31.4. The van der Waals surface area contributed by atoms with Crippen LogP contribution in [0.2, 0.25) is 98.2 Å². The van der Waals surface area contributed by atoms with Gasteiger partial charge < -0.3 is 26.9 Å². The van der Waals surface area contributed by atoms with Crippen LogP contribution in [0.3, 0.4) is 0 Å². The maximum absolute atomic E-state index is 13.4. The maximum atomic E-state index is 13.4. The summed E-state index contributed by atoms with van der Waals surface area (Å²) in [6, 6.07) is 0. The van der Waals surface area contributed by atoms with Crippen LogP contribution in [0.15, 0.2) is 0 Å². The Morgan fingerprint density at radius 2 is 0.879 bits per heavy atom. The van der Waals surface area contributed by atoms with Gasteiger partial charge in [-0.05, 0) is 98.2 Å². The Bertz CT molecular complexity index is 656. The topological polar surface area (TPSA) is 72.5 Å². The van der Waals surface area contributed by atoms with E-state index in [0.29, 0.717) is 0 Å². The van der Waals surface area contributed by atoms with Crippen LogP contribution in [0.1, 0.15) is 0 Å². The highest BCUT2D eigenvalue weighted by Gasteiger charge is 2.55. The van der Waals surface area contributed by atoms with Gasteiger partial charge in [-0.15, -0.1) is 0 Å². The normalized spacial score (nSPS) is 28.0. The molecular formula is C21H50O7Si5. The van der Waals surface area contributed by atoms with Crippen molar-refractivity contribution in [2.45, 2.75) is 129 Å². The molecule has 33 heavy (non-hydrogen) atoms. The van der Waals surface area contributed by atoms with Crippen LogP contribution in [0.25, 0.3) is 0 Å². The summed E-state index contributed by atoms with van der Waals surface area (Å²) in [7, 11) is -10.3. The molecule has 1 rings (SSSR count). The SMILES string of the molecule is C[Si](C)(C)OC(=O)[C@@H]1O[C@@H](O[Si](C)(C)C)[C@H](O[Si](C)(C)C)[C@@H](O[Si](C)(C)C)[C@@H]1O[Si](C)(C)C. The first-order valence-electron chi connectivity index (χ1n) is 12.0. The Labute approximate surface area is 207 Å². The molecule has 7 nitrogen and oxygen atoms in total. The van der Waals surface area contributed by atoms with Crippen LogP contribution in [0.4, 0.5) is 0 Å². The lowest BCUT2D eigenvalue weighted by Gasteiger charge is -2.51. The third-order valence-electron chi connectivity index (χ3n) is 4.07. The summed E-state index contributed by atoms with van der Waals surface area (Å²) >= 11 is 0. The second kappa shape index (κ2) is 10.8. The molecule has 1 saturated heterocycles. The zero-order chi connectivity index (χ0) is 26.2. The third kappa shape index (κ3) is 12.2. The van der Waals surface area contributed by atoms with Gasteiger partial charge in [-0.2, -0.15) is 0 Å². The average Bonchev–Trinajstić information content (AvgIpc) is 2.45. The number of ether oxygens (including phenoxy) is 1. The van der Waals surface area contributed by atoms with Gasteiger partial charge >= 0.3 is 5.97 Å². The second-order valence-electron chi connectivity index (χ2n) is 13.8. The minimum atomic E-state index is -2.15. The smallest absolute Gasteiger partial charge is 0.324 e. The van der Waals surface area contributed by atoms with Crippen molar-refractivity contribution >= 4 is 47.6 Å². The molecule has 1 heterocycles. The lowest BCUT2D eigenvalue weighted by Crippen LogP contribution is -2.68. The summed E-state index contributed by atoms with van der Waals surface area (Å²) in [5, 5.41) is 0. The molecule has 1 aliphatic heterocycles. The molecule has 1 aliphatic rings. The molecule has 5 atom stereocenters. The minimum Gasteiger partial charge on any atom is -0.518 e. The van der Waals surface area contributed by atoms with Crippen molar-refractivity contribution in [3.63, 3.8) is 0 Å². The monoisotopic (exact) mass is 554 g/mol. The molecule has 0 aromatic rings. The van der Waals surface area contributed by atoms with E-state index in [4.69, 9.17) is 26.9 Å². The molecule has 0 bridgehead atoms. The molecule has 0 spiro atoms. The van der Waals surface area contributed by atoms with E-state index in [2.05, 4.69) is 78.6 Å². The molecule has 0 radical (unpaired) electrons. The van der Waals surface area contributed by atoms with Gasteiger partial charge in [0.25, 0.3) is 0 Å². The second-order valence-corrected chi connectivity index (χ2v) is 36.0. The molecule has 0 unspecified atom stereocenters. The van der Waals surface area contributed by atoms with E-state index < -0.39 is 78.3 Å². The maximum Gasteiger partial charge on any atom is 0.324 e. The van der Waals surface area contributed by atoms with Crippen molar-refractivity contribution < 1.29 is 31.7 Å². The van der Waals surface area contributed by atoms with Crippen molar-refractivity contribution in [3.05, 3.63) is 0 Å². The molecule has 0 amide bonds. The lowest BCUT2D eigenvalue weighted by molar-refractivity contribution is -0.262. The van der Waals surface area contributed by atoms with Crippen LogP contribution in [-0.4, -0.2) is 78.3 Å². The highest BCUT2D eigenvalue weighted by molar-refractivity contribution is 6.72. The third-order valence-corrected chi connectivity index (χ3v) is 8.76. The molecule has 0 aliphatic carbocycles. The van der Waals surface area contributed by atoms with Gasteiger partial charge in [0, 0.05) is 0 Å². The summed E-state index contributed by atoms with van der Waals surface area (Å²) in [5.41, 5.74) is 0. The number of rotatable bonds is 10. The lowest BCUT2D eigenvalue weighted by atomic mass is 9.99. The molecule has 0 N–H and O–H groups in total. The van der Waals surface area contributed by atoms with Crippen molar-refractivity contribution in [1.82, 2.24) is 0 Å². The highest BCUT2D eigenvalue weighted by Crippen LogP contribution is 2.35. The molecule has 1 fully saturated rings. The Hall–Kier alpha value is 0.354. The molecule has 0 aromatic heterocycles. The summed E-state index contributed by atoms with van der Waals surface area (Å²) in [5.74, 6) is -0.391. The van der Waals surface area contributed by atoms with E-state index in [0.717, 1.165) is 0 Å². The van der Waals surface area contributed by atoms with Crippen LogP contribution in [0.5, 0.6) is 0 Å². The van der Waals surface area contributed by atoms with E-state index >= 15 is 0 Å². The zero-order valence-corrected chi connectivity index (χ0v) is 28.7. The number of hydrogen-bond donors (Lipinski definition) is 0. The Kier molecular flexibility index (Phi) is 10.2. The standard InChI is InChI=1S/C21H50O7Si5/c1-29(2,3)24-16-17(25-30(4,5)6)19(26-31(7,8)9)21(28-33(13,14)15)23-18(16)20(22)27-32(10,11)12/h16-19,21H,1-15H3/t16-,17-,18+,19+,21-/m0/s1. The van der Waals surface area contributed by atoms with Crippen molar-refractivity contribution in [1.29, 1.82) is 0 Å². The summed E-state index contributed by atoms with van der Waals surface area (Å²) in [6.45, 7) is 31.5. The molecule has 0 aromatic carbocycles. The Morgan fingerprint density at radius 3 is 1.24 bits per heavy atom. The predicted octanol–water partition coefficient (Wildman–Crippen LogP) is 5.60. The first-order valence-corrected chi connectivity index (χ1v) is 29.0. The number of carbonyl (C=O) groups is 1. The summed E-state index contributed by atoms with van der Waals surface area (Å²) in [4.78, 5) is 13.4. The molecule has 12 heteroatoms. The zero-order valence-electron chi connectivity index (χ0n) is 23.7. The van der Waals surface area contributed by atoms with Gasteiger partial charge in [0.15, 0.2) is 45.7 Å². The van der Waals surface area contributed by atoms with E-state index in [1.54, 1.807) is 0 Å². The minimum absolute atomic E-state index is 0.391. The fourth-order valence-corrected chi connectivity index (χ4v) is 8.24. The predicted molar refractivity (Wildman–Crippen MR) is 147 cm³/mol. The van der Waals surface area contributed by atoms with Gasteiger partial charge in [-0.3, -0.25) is 4.79 Å². The quantitative estimate of drug-likeness (QED) is 0.325. The van der Waals surface area contributed by atoms with Crippen molar-refractivity contribution in [3.8, 4) is 0 Å². The van der Waals surface area contributed by atoms with E-state index in [-0.39, 0.29) is 0 Å². The van der Waals surface area contributed by atoms with Crippen LogP contribution in [0, 0.1) is 0 Å². The van der Waals surface area contributed by atoms with Gasteiger partial charge in [-0.25, -0.2) is 0 Å².